The number of hydrogen-bond acceptors (Lipinski definition) is 6. The number of aromatic nitrogens is 3. The second-order valence-electron chi connectivity index (χ2n) is 8.23. The first-order chi connectivity index (χ1) is 17.5. The minimum atomic E-state index is -0.349. The average Bonchev–Trinajstić information content (AvgIpc) is 3.40. The molecule has 9 heteroatoms. The molecule has 0 saturated heterocycles. The number of thioether (sulfide) groups is 1. The number of aryl methyl sites for hydroxylation is 1. The SMILES string of the molecule is CCOc1ccnc(SC)n1.Cc1cc2[nH]c3ccccc3c(=O)c2cc1F.O=CNC1CCCC1. The van der Waals surface area contributed by atoms with Gasteiger partial charge in [0.25, 0.3) is 0 Å². The van der Waals surface area contributed by atoms with Crippen LogP contribution in [-0.4, -0.2) is 40.3 Å². The third kappa shape index (κ3) is 7.27. The molecule has 0 bridgehead atoms. The van der Waals surface area contributed by atoms with E-state index in [1.807, 2.05) is 25.3 Å². The van der Waals surface area contributed by atoms with Crippen molar-refractivity contribution in [3.8, 4) is 5.88 Å². The second-order valence-corrected chi connectivity index (χ2v) is 9.00. The zero-order chi connectivity index (χ0) is 25.9. The summed E-state index contributed by atoms with van der Waals surface area (Å²) in [5, 5.41) is 4.49. The van der Waals surface area contributed by atoms with Gasteiger partial charge in [-0.1, -0.05) is 36.7 Å². The van der Waals surface area contributed by atoms with E-state index in [1.54, 1.807) is 37.4 Å². The summed E-state index contributed by atoms with van der Waals surface area (Å²) in [4.78, 5) is 33.3. The van der Waals surface area contributed by atoms with Crippen LogP contribution in [0, 0.1) is 12.7 Å². The third-order valence-electron chi connectivity index (χ3n) is 5.73. The zero-order valence-electron chi connectivity index (χ0n) is 20.7. The molecule has 0 spiro atoms. The van der Waals surface area contributed by atoms with E-state index < -0.39 is 0 Å². The summed E-state index contributed by atoms with van der Waals surface area (Å²) < 4.78 is 18.7. The van der Waals surface area contributed by atoms with Crippen LogP contribution in [0.25, 0.3) is 21.8 Å². The maximum atomic E-state index is 13.5. The first-order valence-corrected chi connectivity index (χ1v) is 13.1. The maximum absolute atomic E-state index is 13.5. The molecule has 0 atom stereocenters. The maximum Gasteiger partial charge on any atom is 0.217 e. The lowest BCUT2D eigenvalue weighted by Crippen LogP contribution is -2.23. The Morgan fingerprint density at radius 3 is 2.61 bits per heavy atom. The number of carbonyl (C=O) groups is 1. The molecule has 2 aromatic heterocycles. The Labute approximate surface area is 213 Å². The van der Waals surface area contributed by atoms with Crippen LogP contribution in [0.15, 0.2) is 58.6 Å². The number of nitrogens with zero attached hydrogens (tertiary/aromatic N) is 2. The van der Waals surface area contributed by atoms with Gasteiger partial charge in [-0.25, -0.2) is 9.37 Å². The van der Waals surface area contributed by atoms with Crippen LogP contribution in [0.5, 0.6) is 5.88 Å². The van der Waals surface area contributed by atoms with Gasteiger partial charge in [-0.2, -0.15) is 4.98 Å². The highest BCUT2D eigenvalue weighted by Gasteiger charge is 2.12. The molecule has 1 aliphatic rings. The van der Waals surface area contributed by atoms with Gasteiger partial charge in [0.1, 0.15) is 5.82 Å². The summed E-state index contributed by atoms with van der Waals surface area (Å²) in [6, 6.07) is 12.5. The molecule has 2 N–H and O–H groups in total. The average molecular weight is 511 g/mol. The van der Waals surface area contributed by atoms with Gasteiger partial charge < -0.3 is 15.0 Å². The van der Waals surface area contributed by atoms with Gasteiger partial charge in [-0.05, 0) is 62.8 Å². The van der Waals surface area contributed by atoms with Crippen LogP contribution in [0.4, 0.5) is 4.39 Å². The Bertz CT molecular complexity index is 1360. The molecular formula is C27H31FN4O3S. The first kappa shape index (κ1) is 27.1. The number of ether oxygens (including phenoxy) is 1. The largest absolute Gasteiger partial charge is 0.478 e. The van der Waals surface area contributed by atoms with Gasteiger partial charge in [0.05, 0.1) is 12.1 Å². The Morgan fingerprint density at radius 2 is 1.92 bits per heavy atom. The molecule has 0 aliphatic heterocycles. The van der Waals surface area contributed by atoms with Crippen molar-refractivity contribution in [3.63, 3.8) is 0 Å². The summed E-state index contributed by atoms with van der Waals surface area (Å²) in [5.74, 6) is 0.296. The third-order valence-corrected chi connectivity index (χ3v) is 6.29. The molecule has 1 amide bonds. The Hall–Kier alpha value is -3.46. The van der Waals surface area contributed by atoms with Crippen molar-refractivity contribution < 1.29 is 13.9 Å². The number of carbonyl (C=O) groups excluding carboxylic acids is 1. The number of pyridine rings is 1. The predicted molar refractivity (Wildman–Crippen MR) is 143 cm³/mol. The number of nitrogens with one attached hydrogen (secondary N) is 2. The van der Waals surface area contributed by atoms with Crippen molar-refractivity contribution in [2.75, 3.05) is 12.9 Å². The van der Waals surface area contributed by atoms with Crippen molar-refractivity contribution >= 4 is 40.0 Å². The molecule has 7 nitrogen and oxygen atoms in total. The fourth-order valence-electron chi connectivity index (χ4n) is 3.89. The van der Waals surface area contributed by atoms with Crippen LogP contribution >= 0.6 is 11.8 Å². The molecule has 36 heavy (non-hydrogen) atoms. The summed E-state index contributed by atoms with van der Waals surface area (Å²) in [6.45, 7) is 4.26. The van der Waals surface area contributed by atoms with Crippen molar-refractivity contribution in [2.24, 2.45) is 0 Å². The molecule has 2 heterocycles. The molecule has 190 valence electrons. The van der Waals surface area contributed by atoms with E-state index in [4.69, 9.17) is 4.74 Å². The molecule has 1 fully saturated rings. The second kappa shape index (κ2) is 13.6. The predicted octanol–water partition coefficient (Wildman–Crippen LogP) is 5.40. The molecule has 1 aliphatic carbocycles. The Morgan fingerprint density at radius 1 is 1.17 bits per heavy atom. The van der Waals surface area contributed by atoms with Gasteiger partial charge in [0, 0.05) is 34.6 Å². The molecule has 1 saturated carbocycles. The Balaban J connectivity index is 0.000000164. The summed E-state index contributed by atoms with van der Waals surface area (Å²) in [5.41, 5.74) is 1.85. The zero-order valence-corrected chi connectivity index (χ0v) is 21.5. The molecule has 5 rings (SSSR count). The molecule has 0 unspecified atom stereocenters. The minimum absolute atomic E-state index is 0.131. The number of aromatic amines is 1. The Kier molecular flexibility index (Phi) is 10.2. The van der Waals surface area contributed by atoms with Crippen molar-refractivity contribution in [1.29, 1.82) is 0 Å². The number of halogens is 1. The fourth-order valence-corrected chi connectivity index (χ4v) is 4.24. The van der Waals surface area contributed by atoms with E-state index in [1.165, 1.54) is 43.5 Å². The fraction of sp³-hybridized carbons (Fsp3) is 0.333. The molecular weight excluding hydrogens is 479 g/mol. The number of amides is 1. The van der Waals surface area contributed by atoms with Crippen LogP contribution in [0.1, 0.15) is 38.2 Å². The van der Waals surface area contributed by atoms with Gasteiger partial charge >= 0.3 is 0 Å². The summed E-state index contributed by atoms with van der Waals surface area (Å²) in [6.07, 6.45) is 9.36. The van der Waals surface area contributed by atoms with E-state index >= 15 is 0 Å². The van der Waals surface area contributed by atoms with Crippen molar-refractivity contribution in [1.82, 2.24) is 20.3 Å². The van der Waals surface area contributed by atoms with Crippen LogP contribution in [0.2, 0.25) is 0 Å². The first-order valence-electron chi connectivity index (χ1n) is 11.9. The van der Waals surface area contributed by atoms with E-state index in [-0.39, 0.29) is 11.2 Å². The number of hydrogen-bond donors (Lipinski definition) is 2. The van der Waals surface area contributed by atoms with Crippen LogP contribution in [-0.2, 0) is 4.79 Å². The molecule has 4 aromatic rings. The van der Waals surface area contributed by atoms with E-state index in [0.717, 1.165) is 17.1 Å². The van der Waals surface area contributed by atoms with Gasteiger partial charge in [0.15, 0.2) is 10.6 Å². The summed E-state index contributed by atoms with van der Waals surface area (Å²) >= 11 is 1.51. The highest BCUT2D eigenvalue weighted by molar-refractivity contribution is 7.98. The van der Waals surface area contributed by atoms with E-state index in [2.05, 4.69) is 20.3 Å². The van der Waals surface area contributed by atoms with Crippen molar-refractivity contribution in [2.45, 2.75) is 50.7 Å². The highest BCUT2D eigenvalue weighted by atomic mass is 32.2. The summed E-state index contributed by atoms with van der Waals surface area (Å²) in [7, 11) is 0. The topological polar surface area (TPSA) is 97.0 Å². The van der Waals surface area contributed by atoms with Gasteiger partial charge in [-0.3, -0.25) is 9.59 Å². The van der Waals surface area contributed by atoms with Crippen LogP contribution < -0.4 is 15.5 Å². The lowest BCUT2D eigenvalue weighted by molar-refractivity contribution is -0.110. The number of H-pyrrole nitrogens is 1. The lowest BCUT2D eigenvalue weighted by Gasteiger charge is -2.04. The van der Waals surface area contributed by atoms with Crippen LogP contribution in [0.3, 0.4) is 0 Å². The number of rotatable bonds is 5. The monoisotopic (exact) mass is 510 g/mol. The van der Waals surface area contributed by atoms with Gasteiger partial charge in [0.2, 0.25) is 12.3 Å². The smallest absolute Gasteiger partial charge is 0.217 e. The molecule has 0 radical (unpaired) electrons. The standard InChI is InChI=1S/C14H10FNO.C7H10N2OS.C6H11NO/c1-8-6-13-10(7-11(8)15)14(17)9-4-2-3-5-12(9)16-13;1-3-10-6-4-5-8-7(9-6)11-2;8-5-7-6-3-1-2-4-6/h2-7H,1H3,(H,16,17);4-5H,3H2,1-2H3;5-6H,1-4H2,(H,7,8). The van der Waals surface area contributed by atoms with Crippen molar-refractivity contribution in [3.05, 3.63) is 70.3 Å². The minimum Gasteiger partial charge on any atom is -0.478 e. The quantitative estimate of drug-likeness (QED) is 0.161. The number of fused-ring (bicyclic) bond motifs is 2. The lowest BCUT2D eigenvalue weighted by atomic mass is 10.1. The normalized spacial score (nSPS) is 12.9. The van der Waals surface area contributed by atoms with E-state index in [9.17, 15) is 14.0 Å². The highest BCUT2D eigenvalue weighted by Crippen LogP contribution is 2.18. The number of para-hydroxylation sites is 1. The number of benzene rings is 2. The van der Waals surface area contributed by atoms with E-state index in [0.29, 0.717) is 40.4 Å². The van der Waals surface area contributed by atoms with Gasteiger partial charge in [-0.15, -0.1) is 0 Å². The molecule has 2 aromatic carbocycles.